The molecule has 0 spiro atoms. The van der Waals surface area contributed by atoms with Gasteiger partial charge < -0.3 is 16.0 Å². The summed E-state index contributed by atoms with van der Waals surface area (Å²) in [5.41, 5.74) is 7.14. The van der Waals surface area contributed by atoms with Gasteiger partial charge in [-0.2, -0.15) is 0 Å². The molecule has 3 N–H and O–H groups in total. The van der Waals surface area contributed by atoms with Gasteiger partial charge in [0.1, 0.15) is 0 Å². The van der Waals surface area contributed by atoms with Crippen LogP contribution < -0.4 is 11.1 Å². The van der Waals surface area contributed by atoms with Crippen molar-refractivity contribution in [2.45, 2.75) is 26.8 Å². The molecule has 0 aliphatic heterocycles. The zero-order chi connectivity index (χ0) is 14.8. The first-order chi connectivity index (χ1) is 9.58. The summed E-state index contributed by atoms with van der Waals surface area (Å²) >= 11 is 0. The molecule has 4 heteroatoms. The Morgan fingerprint density at radius 3 is 2.65 bits per heavy atom. The average molecular weight is 276 g/mol. The summed E-state index contributed by atoms with van der Waals surface area (Å²) in [7, 11) is 2.14. The van der Waals surface area contributed by atoms with Crippen molar-refractivity contribution in [2.24, 2.45) is 16.6 Å². The topological polar surface area (TPSA) is 53.6 Å². The number of hydrogen-bond acceptors (Lipinski definition) is 2. The Labute approximate surface area is 123 Å². The molecule has 0 bridgehead atoms. The predicted octanol–water partition coefficient (Wildman–Crippen LogP) is 2.07. The highest BCUT2D eigenvalue weighted by molar-refractivity contribution is 5.77. The van der Waals surface area contributed by atoms with Gasteiger partial charge in [-0.05, 0) is 31.5 Å². The Hall–Kier alpha value is -1.55. The highest BCUT2D eigenvalue weighted by Crippen LogP contribution is 2.02. The van der Waals surface area contributed by atoms with Crippen molar-refractivity contribution in [3.8, 4) is 0 Å². The Morgan fingerprint density at radius 2 is 2.00 bits per heavy atom. The maximum absolute atomic E-state index is 5.79. The van der Waals surface area contributed by atoms with E-state index < -0.39 is 0 Å². The average Bonchev–Trinajstić information content (AvgIpc) is 2.42. The van der Waals surface area contributed by atoms with E-state index in [2.05, 4.69) is 60.4 Å². The van der Waals surface area contributed by atoms with Crippen molar-refractivity contribution < 1.29 is 0 Å². The minimum Gasteiger partial charge on any atom is -0.370 e. The van der Waals surface area contributed by atoms with Gasteiger partial charge in [-0.3, -0.25) is 4.99 Å². The molecule has 0 amide bonds. The molecule has 0 saturated heterocycles. The molecule has 112 valence electrons. The fraction of sp³-hybridized carbons (Fsp3) is 0.562. The highest BCUT2D eigenvalue weighted by Gasteiger charge is 2.00. The second kappa shape index (κ2) is 9.37. The molecule has 4 nitrogen and oxygen atoms in total. The van der Waals surface area contributed by atoms with Crippen molar-refractivity contribution in [3.63, 3.8) is 0 Å². The van der Waals surface area contributed by atoms with Crippen LogP contribution >= 0.6 is 0 Å². The van der Waals surface area contributed by atoms with Crippen molar-refractivity contribution in [3.05, 3.63) is 35.9 Å². The molecule has 0 saturated carbocycles. The van der Waals surface area contributed by atoms with Gasteiger partial charge in [-0.25, -0.2) is 0 Å². The minimum absolute atomic E-state index is 0.548. The number of guanidine groups is 1. The first kappa shape index (κ1) is 16.5. The van der Waals surface area contributed by atoms with Crippen LogP contribution in [0.5, 0.6) is 0 Å². The van der Waals surface area contributed by atoms with Crippen LogP contribution in [0.2, 0.25) is 0 Å². The number of rotatable bonds is 8. The molecule has 0 radical (unpaired) electrons. The van der Waals surface area contributed by atoms with Gasteiger partial charge in [-0.15, -0.1) is 0 Å². The van der Waals surface area contributed by atoms with Crippen LogP contribution in [0, 0.1) is 5.92 Å². The van der Waals surface area contributed by atoms with E-state index in [1.807, 2.05) is 6.07 Å². The lowest BCUT2D eigenvalue weighted by Gasteiger charge is -2.16. The fourth-order valence-electron chi connectivity index (χ4n) is 1.88. The van der Waals surface area contributed by atoms with Gasteiger partial charge in [-0.1, -0.05) is 44.2 Å². The number of nitrogens with two attached hydrogens (primary N) is 1. The summed E-state index contributed by atoms with van der Waals surface area (Å²) in [5.74, 6) is 1.11. The van der Waals surface area contributed by atoms with Crippen LogP contribution in [0.1, 0.15) is 25.8 Å². The number of nitrogens with zero attached hydrogens (tertiary/aromatic N) is 2. The quantitative estimate of drug-likeness (QED) is 0.434. The normalized spacial score (nSPS) is 12.2. The number of benzene rings is 1. The fourth-order valence-corrected chi connectivity index (χ4v) is 1.88. The summed E-state index contributed by atoms with van der Waals surface area (Å²) in [6.07, 6.45) is 1.06. The summed E-state index contributed by atoms with van der Waals surface area (Å²) in [6.45, 7) is 7.95. The first-order valence-corrected chi connectivity index (χ1v) is 7.34. The first-order valence-electron chi connectivity index (χ1n) is 7.34. The third kappa shape index (κ3) is 7.79. The maximum Gasteiger partial charge on any atom is 0.188 e. The van der Waals surface area contributed by atoms with Gasteiger partial charge >= 0.3 is 0 Å². The summed E-state index contributed by atoms with van der Waals surface area (Å²) in [6, 6.07) is 10.5. The van der Waals surface area contributed by atoms with Crippen LogP contribution in [0.15, 0.2) is 35.3 Å². The lowest BCUT2D eigenvalue weighted by molar-refractivity contribution is 0.322. The van der Waals surface area contributed by atoms with Gasteiger partial charge in [0, 0.05) is 19.6 Å². The van der Waals surface area contributed by atoms with Gasteiger partial charge in [0.2, 0.25) is 0 Å². The van der Waals surface area contributed by atoms with Gasteiger partial charge in [0.05, 0.1) is 0 Å². The number of hydrogen-bond donors (Lipinski definition) is 2. The molecule has 0 fully saturated rings. The molecule has 0 aromatic heterocycles. The Bertz CT molecular complexity index is 387. The second-order valence-corrected chi connectivity index (χ2v) is 5.62. The lowest BCUT2D eigenvalue weighted by atomic mass is 10.2. The second-order valence-electron chi connectivity index (χ2n) is 5.62. The van der Waals surface area contributed by atoms with E-state index >= 15 is 0 Å². The maximum atomic E-state index is 5.79. The summed E-state index contributed by atoms with van der Waals surface area (Å²) in [5, 5.41) is 3.16. The van der Waals surface area contributed by atoms with E-state index in [1.54, 1.807) is 0 Å². The van der Waals surface area contributed by atoms with Crippen molar-refractivity contribution in [1.29, 1.82) is 0 Å². The lowest BCUT2D eigenvalue weighted by Crippen LogP contribution is -2.34. The molecule has 0 aliphatic carbocycles. The van der Waals surface area contributed by atoms with Crippen molar-refractivity contribution in [1.82, 2.24) is 10.2 Å². The highest BCUT2D eigenvalue weighted by atomic mass is 15.1. The van der Waals surface area contributed by atoms with Crippen LogP contribution in [-0.2, 0) is 6.54 Å². The molecule has 0 aliphatic rings. The molecular formula is C16H28N4. The van der Waals surface area contributed by atoms with E-state index in [9.17, 15) is 0 Å². The third-order valence-electron chi connectivity index (χ3n) is 2.94. The van der Waals surface area contributed by atoms with E-state index in [4.69, 9.17) is 5.73 Å². The molecule has 0 atom stereocenters. The Balaban J connectivity index is 2.13. The van der Waals surface area contributed by atoms with Gasteiger partial charge in [0.15, 0.2) is 5.96 Å². The zero-order valence-electron chi connectivity index (χ0n) is 13.0. The molecular weight excluding hydrogens is 248 g/mol. The van der Waals surface area contributed by atoms with Crippen molar-refractivity contribution in [2.75, 3.05) is 26.7 Å². The molecule has 0 heterocycles. The SMILES string of the molecule is CC(C)CN=C(N)NCCCN(C)Cc1ccccc1. The third-order valence-corrected chi connectivity index (χ3v) is 2.94. The Morgan fingerprint density at radius 1 is 1.30 bits per heavy atom. The van der Waals surface area contributed by atoms with E-state index in [-0.39, 0.29) is 0 Å². The number of aliphatic imine (C=N–C) groups is 1. The minimum atomic E-state index is 0.548. The predicted molar refractivity (Wildman–Crippen MR) is 86.7 cm³/mol. The molecule has 0 unspecified atom stereocenters. The van der Waals surface area contributed by atoms with Gasteiger partial charge in [0.25, 0.3) is 0 Å². The van der Waals surface area contributed by atoms with E-state index in [0.29, 0.717) is 11.9 Å². The number of nitrogens with one attached hydrogen (secondary N) is 1. The smallest absolute Gasteiger partial charge is 0.188 e. The monoisotopic (exact) mass is 276 g/mol. The molecule has 1 rings (SSSR count). The van der Waals surface area contributed by atoms with E-state index in [0.717, 1.165) is 32.6 Å². The largest absolute Gasteiger partial charge is 0.370 e. The van der Waals surface area contributed by atoms with Crippen LogP contribution in [0.3, 0.4) is 0 Å². The molecule has 1 aromatic rings. The van der Waals surface area contributed by atoms with E-state index in [1.165, 1.54) is 5.56 Å². The van der Waals surface area contributed by atoms with Crippen LogP contribution in [0.4, 0.5) is 0 Å². The zero-order valence-corrected chi connectivity index (χ0v) is 13.0. The van der Waals surface area contributed by atoms with Crippen molar-refractivity contribution >= 4 is 5.96 Å². The molecule has 1 aromatic carbocycles. The van der Waals surface area contributed by atoms with Crippen LogP contribution in [-0.4, -0.2) is 37.5 Å². The summed E-state index contributed by atoms with van der Waals surface area (Å²) in [4.78, 5) is 6.60. The standard InChI is InChI=1S/C16H28N4/c1-14(2)12-19-16(17)18-10-7-11-20(3)13-15-8-5-4-6-9-15/h4-6,8-9,14H,7,10-13H2,1-3H3,(H3,17,18,19). The van der Waals surface area contributed by atoms with Crippen LogP contribution in [0.25, 0.3) is 0 Å². The Kier molecular flexibility index (Phi) is 7.73. The molecule has 20 heavy (non-hydrogen) atoms. The summed E-state index contributed by atoms with van der Waals surface area (Å²) < 4.78 is 0.